The quantitative estimate of drug-likeness (QED) is 0.558. The van der Waals surface area contributed by atoms with E-state index in [-0.39, 0.29) is 18.2 Å². The zero-order chi connectivity index (χ0) is 22.2. The fourth-order valence-corrected chi connectivity index (χ4v) is 6.19. The zero-order valence-corrected chi connectivity index (χ0v) is 20.3. The van der Waals surface area contributed by atoms with E-state index in [1.54, 1.807) is 11.2 Å². The van der Waals surface area contributed by atoms with Gasteiger partial charge in [0, 0.05) is 18.0 Å². The molecule has 1 fully saturated rings. The van der Waals surface area contributed by atoms with Crippen LogP contribution in [-0.2, 0) is 11.2 Å². The lowest BCUT2D eigenvalue weighted by Gasteiger charge is -2.35. The third kappa shape index (κ3) is 4.81. The summed E-state index contributed by atoms with van der Waals surface area (Å²) in [7, 11) is 1.84. The van der Waals surface area contributed by atoms with E-state index in [1.807, 2.05) is 39.2 Å². The van der Waals surface area contributed by atoms with Crippen molar-refractivity contribution < 1.29 is 14.3 Å². The molecule has 0 bridgehead atoms. The van der Waals surface area contributed by atoms with Gasteiger partial charge in [-0.05, 0) is 77.2 Å². The molecule has 31 heavy (non-hydrogen) atoms. The molecular weight excluding hydrogens is 410 g/mol. The molecule has 1 amide bonds. The Bertz CT molecular complexity index is 928. The molecule has 0 aromatic carbocycles. The van der Waals surface area contributed by atoms with Gasteiger partial charge in [0.25, 0.3) is 0 Å². The van der Waals surface area contributed by atoms with Gasteiger partial charge in [0.05, 0.1) is 5.39 Å². The Morgan fingerprint density at radius 3 is 2.61 bits per heavy atom. The van der Waals surface area contributed by atoms with E-state index in [1.165, 1.54) is 29.7 Å². The average Bonchev–Trinajstić information content (AvgIpc) is 3.27. The Morgan fingerprint density at radius 2 is 1.94 bits per heavy atom. The van der Waals surface area contributed by atoms with Crippen LogP contribution in [-0.4, -0.2) is 45.8 Å². The van der Waals surface area contributed by atoms with Gasteiger partial charge in [-0.3, -0.25) is 0 Å². The van der Waals surface area contributed by atoms with Crippen LogP contribution in [0.5, 0.6) is 5.88 Å². The van der Waals surface area contributed by atoms with E-state index in [4.69, 9.17) is 9.47 Å². The third-order valence-electron chi connectivity index (χ3n) is 6.48. The van der Waals surface area contributed by atoms with Gasteiger partial charge in [0.1, 0.15) is 22.9 Å². The van der Waals surface area contributed by atoms with Crippen LogP contribution in [0.4, 0.5) is 4.79 Å². The SMILES string of the molecule is CCC[C@@H]1CCc2sc3ncnc(O[C@H]4CC[C@H](N(C)C(=O)OC(C)(C)C)CC4)c3c21. The van der Waals surface area contributed by atoms with Crippen LogP contribution in [0.3, 0.4) is 0 Å². The van der Waals surface area contributed by atoms with Crippen LogP contribution < -0.4 is 4.74 Å². The molecule has 0 N–H and O–H groups in total. The second-order valence-electron chi connectivity index (χ2n) is 9.96. The van der Waals surface area contributed by atoms with Crippen LogP contribution in [0.2, 0.25) is 0 Å². The highest BCUT2D eigenvalue weighted by molar-refractivity contribution is 7.19. The molecule has 1 saturated carbocycles. The summed E-state index contributed by atoms with van der Waals surface area (Å²) < 4.78 is 12.0. The van der Waals surface area contributed by atoms with Crippen molar-refractivity contribution in [3.05, 3.63) is 16.8 Å². The molecule has 0 radical (unpaired) electrons. The maximum absolute atomic E-state index is 12.4. The molecule has 170 valence electrons. The van der Waals surface area contributed by atoms with E-state index in [2.05, 4.69) is 16.9 Å². The molecule has 0 unspecified atom stereocenters. The van der Waals surface area contributed by atoms with Crippen LogP contribution in [0.15, 0.2) is 6.33 Å². The first-order valence-electron chi connectivity index (χ1n) is 11.7. The van der Waals surface area contributed by atoms with Crippen LogP contribution in [0.1, 0.15) is 89.0 Å². The van der Waals surface area contributed by atoms with Gasteiger partial charge in [0.15, 0.2) is 0 Å². The number of hydrogen-bond acceptors (Lipinski definition) is 6. The molecule has 6 nitrogen and oxygen atoms in total. The minimum Gasteiger partial charge on any atom is -0.474 e. The van der Waals surface area contributed by atoms with Crippen molar-refractivity contribution in [1.29, 1.82) is 0 Å². The Hall–Kier alpha value is -1.89. The Morgan fingerprint density at radius 1 is 1.19 bits per heavy atom. The minimum absolute atomic E-state index is 0.128. The molecule has 2 heterocycles. The van der Waals surface area contributed by atoms with Crippen molar-refractivity contribution >= 4 is 27.6 Å². The average molecular weight is 446 g/mol. The number of carbonyl (C=O) groups is 1. The molecule has 2 aromatic heterocycles. The fraction of sp³-hybridized carbons (Fsp3) is 0.708. The summed E-state index contributed by atoms with van der Waals surface area (Å²) in [6.45, 7) is 7.96. The lowest BCUT2D eigenvalue weighted by Crippen LogP contribution is -2.43. The maximum atomic E-state index is 12.4. The van der Waals surface area contributed by atoms with Crippen molar-refractivity contribution in [2.45, 2.75) is 103 Å². The third-order valence-corrected chi connectivity index (χ3v) is 7.66. The standard InChI is InChI=1S/C24H35N3O3S/c1-6-7-15-8-13-18-19(15)20-21(25-14-26-22(20)31-18)29-17-11-9-16(10-12-17)27(5)23(28)30-24(2,3)4/h14-17H,6-13H2,1-5H3/t15-,16-,17-/m1/s1. The van der Waals surface area contributed by atoms with E-state index < -0.39 is 5.60 Å². The molecule has 2 aliphatic carbocycles. The van der Waals surface area contributed by atoms with Crippen molar-refractivity contribution in [2.75, 3.05) is 7.05 Å². The predicted octanol–water partition coefficient (Wildman–Crippen LogP) is 6.08. The van der Waals surface area contributed by atoms with Crippen LogP contribution in [0, 0.1) is 0 Å². The summed E-state index contributed by atoms with van der Waals surface area (Å²) in [5.74, 6) is 1.37. The van der Waals surface area contributed by atoms with Crippen LogP contribution in [0.25, 0.3) is 10.2 Å². The van der Waals surface area contributed by atoms with Gasteiger partial charge >= 0.3 is 6.09 Å². The lowest BCUT2D eigenvalue weighted by atomic mass is 9.92. The fourth-order valence-electron chi connectivity index (χ4n) is 4.96. The smallest absolute Gasteiger partial charge is 0.410 e. The number of hydrogen-bond donors (Lipinski definition) is 0. The molecule has 2 aromatic rings. The zero-order valence-electron chi connectivity index (χ0n) is 19.4. The predicted molar refractivity (Wildman–Crippen MR) is 124 cm³/mol. The number of fused-ring (bicyclic) bond motifs is 3. The van der Waals surface area contributed by atoms with Crippen molar-refractivity contribution in [3.63, 3.8) is 0 Å². The first-order chi connectivity index (χ1) is 14.8. The number of ether oxygens (including phenoxy) is 2. The molecule has 0 saturated heterocycles. The highest BCUT2D eigenvalue weighted by Crippen LogP contribution is 2.47. The van der Waals surface area contributed by atoms with E-state index in [0.717, 1.165) is 48.2 Å². The van der Waals surface area contributed by atoms with Gasteiger partial charge in [-0.15, -0.1) is 11.3 Å². The van der Waals surface area contributed by atoms with Gasteiger partial charge in [-0.1, -0.05) is 13.3 Å². The van der Waals surface area contributed by atoms with Gasteiger partial charge in [-0.25, -0.2) is 14.8 Å². The van der Waals surface area contributed by atoms with Crippen molar-refractivity contribution in [3.8, 4) is 5.88 Å². The summed E-state index contributed by atoms with van der Waals surface area (Å²) in [6, 6.07) is 0.194. The highest BCUT2D eigenvalue weighted by atomic mass is 32.1. The Kier molecular flexibility index (Phi) is 6.42. The summed E-state index contributed by atoms with van der Waals surface area (Å²) in [5, 5.41) is 1.16. The minimum atomic E-state index is -0.472. The Balaban J connectivity index is 1.43. The molecule has 4 rings (SSSR count). The normalized spacial score (nSPS) is 23.6. The Labute approximate surface area is 189 Å². The second kappa shape index (κ2) is 8.93. The summed E-state index contributed by atoms with van der Waals surface area (Å²) >= 11 is 1.81. The van der Waals surface area contributed by atoms with E-state index in [0.29, 0.717) is 5.92 Å². The number of rotatable bonds is 5. The molecule has 7 heteroatoms. The lowest BCUT2D eigenvalue weighted by molar-refractivity contribution is 0.0138. The van der Waals surface area contributed by atoms with Gasteiger partial charge < -0.3 is 14.4 Å². The second-order valence-corrected chi connectivity index (χ2v) is 11.0. The summed E-state index contributed by atoms with van der Waals surface area (Å²) in [6.07, 6.45) is 9.97. The molecule has 1 atom stereocenters. The van der Waals surface area contributed by atoms with Crippen molar-refractivity contribution in [1.82, 2.24) is 14.9 Å². The topological polar surface area (TPSA) is 64.6 Å². The number of carbonyl (C=O) groups excluding carboxylic acids is 1. The number of nitrogens with zero attached hydrogens (tertiary/aromatic N) is 3. The van der Waals surface area contributed by atoms with Gasteiger partial charge in [-0.2, -0.15) is 0 Å². The monoisotopic (exact) mass is 445 g/mol. The highest BCUT2D eigenvalue weighted by Gasteiger charge is 2.32. The number of amides is 1. The van der Waals surface area contributed by atoms with E-state index in [9.17, 15) is 4.79 Å². The van der Waals surface area contributed by atoms with Crippen molar-refractivity contribution in [2.24, 2.45) is 0 Å². The molecule has 0 aliphatic heterocycles. The molecule has 0 spiro atoms. The molecular formula is C24H35N3O3S. The first-order valence-corrected chi connectivity index (χ1v) is 12.5. The largest absolute Gasteiger partial charge is 0.474 e. The first kappa shape index (κ1) is 22.3. The summed E-state index contributed by atoms with van der Waals surface area (Å²) in [4.78, 5) is 25.8. The number of thiophene rings is 1. The molecule has 2 aliphatic rings. The van der Waals surface area contributed by atoms with Crippen LogP contribution >= 0.6 is 11.3 Å². The maximum Gasteiger partial charge on any atom is 0.410 e. The van der Waals surface area contributed by atoms with Gasteiger partial charge in [0.2, 0.25) is 5.88 Å². The number of aromatic nitrogens is 2. The van der Waals surface area contributed by atoms with E-state index >= 15 is 0 Å². The summed E-state index contributed by atoms with van der Waals surface area (Å²) in [5.41, 5.74) is 0.983. The number of aryl methyl sites for hydroxylation is 1.